The summed E-state index contributed by atoms with van der Waals surface area (Å²) >= 11 is 1.72. The van der Waals surface area contributed by atoms with Gasteiger partial charge in [-0.15, -0.1) is 24.9 Å². The normalized spacial score (nSPS) is 29.3. The first-order valence-corrected chi connectivity index (χ1v) is 13.6. The molecule has 2 unspecified atom stereocenters. The van der Waals surface area contributed by atoms with Gasteiger partial charge in [0.1, 0.15) is 6.04 Å². The summed E-state index contributed by atoms with van der Waals surface area (Å²) in [5.41, 5.74) is 0. The van der Waals surface area contributed by atoms with Crippen LogP contribution < -0.4 is 0 Å². The Hall–Kier alpha value is -1.80. The third-order valence-electron chi connectivity index (χ3n) is 7.60. The average Bonchev–Trinajstić information content (AvgIpc) is 3.46. The number of fused-ring (bicyclic) bond motifs is 1. The number of aliphatic hydroxyl groups excluding tert-OH is 1. The second-order valence-electron chi connectivity index (χ2n) is 9.81. The number of hydrogen-bond donors (Lipinski definition) is 1. The summed E-state index contributed by atoms with van der Waals surface area (Å²) in [7, 11) is 1.76. The predicted octanol–water partition coefficient (Wildman–Crippen LogP) is 2.70. The van der Waals surface area contributed by atoms with E-state index in [-0.39, 0.29) is 29.6 Å². The highest BCUT2D eigenvalue weighted by atomic mass is 32.2. The molecule has 0 saturated carbocycles. The van der Waals surface area contributed by atoms with E-state index in [1.807, 2.05) is 4.90 Å². The first kappa shape index (κ1) is 26.8. The van der Waals surface area contributed by atoms with Gasteiger partial charge in [-0.25, -0.2) is 0 Å². The number of aliphatic hydroxyl groups is 1. The van der Waals surface area contributed by atoms with Gasteiger partial charge < -0.3 is 19.8 Å². The molecule has 3 aliphatic heterocycles. The number of unbranched alkanes of at least 4 members (excludes halogenated alkanes) is 3. The largest absolute Gasteiger partial charge is 0.396 e. The van der Waals surface area contributed by atoms with Crippen LogP contribution >= 0.6 is 11.8 Å². The van der Waals surface area contributed by atoms with E-state index in [0.29, 0.717) is 32.6 Å². The Labute approximate surface area is 208 Å². The van der Waals surface area contributed by atoms with Crippen molar-refractivity contribution >= 4 is 29.5 Å². The summed E-state index contributed by atoms with van der Waals surface area (Å²) in [6.45, 7) is 11.8. The Morgan fingerprint density at radius 3 is 2.56 bits per heavy atom. The molecule has 3 fully saturated rings. The van der Waals surface area contributed by atoms with Gasteiger partial charge in [0.05, 0.1) is 16.6 Å². The van der Waals surface area contributed by atoms with Gasteiger partial charge >= 0.3 is 0 Å². The molecule has 3 saturated heterocycles. The third kappa shape index (κ3) is 4.81. The van der Waals surface area contributed by atoms with Gasteiger partial charge in [-0.3, -0.25) is 14.4 Å². The fraction of sp³-hybridized carbons (Fsp3) is 0.731. The van der Waals surface area contributed by atoms with E-state index in [1.165, 1.54) is 0 Å². The van der Waals surface area contributed by atoms with Crippen LogP contribution in [0.1, 0.15) is 51.9 Å². The summed E-state index contributed by atoms with van der Waals surface area (Å²) in [4.78, 5) is 46.7. The molecule has 0 aromatic carbocycles. The van der Waals surface area contributed by atoms with E-state index in [0.717, 1.165) is 38.5 Å². The zero-order chi connectivity index (χ0) is 24.9. The molecule has 3 rings (SSSR count). The maximum absolute atomic E-state index is 14.0. The van der Waals surface area contributed by atoms with Crippen LogP contribution in [0, 0.1) is 11.8 Å². The molecular weight excluding hydrogens is 450 g/mol. The van der Waals surface area contributed by atoms with Crippen LogP contribution in [-0.4, -0.2) is 93.4 Å². The van der Waals surface area contributed by atoms with Crippen LogP contribution in [0.15, 0.2) is 25.3 Å². The molecule has 190 valence electrons. The van der Waals surface area contributed by atoms with E-state index < -0.39 is 22.6 Å². The van der Waals surface area contributed by atoms with Crippen molar-refractivity contribution in [2.75, 3.05) is 39.8 Å². The van der Waals surface area contributed by atoms with Gasteiger partial charge in [0.25, 0.3) is 0 Å². The van der Waals surface area contributed by atoms with Crippen molar-refractivity contribution in [1.29, 1.82) is 0 Å². The minimum absolute atomic E-state index is 0.00736. The van der Waals surface area contributed by atoms with Crippen molar-refractivity contribution in [1.82, 2.24) is 14.7 Å². The van der Waals surface area contributed by atoms with E-state index in [1.54, 1.807) is 40.8 Å². The van der Waals surface area contributed by atoms with Crippen molar-refractivity contribution in [2.45, 2.75) is 67.9 Å². The zero-order valence-electron chi connectivity index (χ0n) is 20.8. The predicted molar refractivity (Wildman–Crippen MR) is 136 cm³/mol. The lowest BCUT2D eigenvalue weighted by Crippen LogP contribution is -2.55. The highest BCUT2D eigenvalue weighted by Crippen LogP contribution is 2.66. The lowest BCUT2D eigenvalue weighted by Gasteiger charge is -2.37. The number of likely N-dealkylation sites (tertiary alicyclic amines) is 1. The number of thioether (sulfide) groups is 1. The quantitative estimate of drug-likeness (QED) is 0.299. The van der Waals surface area contributed by atoms with Crippen LogP contribution in [0.5, 0.6) is 0 Å². The zero-order valence-corrected chi connectivity index (χ0v) is 21.6. The molecule has 34 heavy (non-hydrogen) atoms. The van der Waals surface area contributed by atoms with Crippen LogP contribution in [-0.2, 0) is 14.4 Å². The molecule has 1 N–H and O–H groups in total. The standard InChI is InChI=1S/C26H41N3O4S/c1-5-8-16-28(15-7-3)25(33)22-26-13-12-19(34-26)20(23(31)27(4)14-6-2)21(26)24(32)29(22)17-10-9-11-18-30/h6-7,19-22,30H,2-3,5,8-18H2,1,4H3/t19-,20+,21-,22?,26?/m0/s1. The lowest BCUT2D eigenvalue weighted by molar-refractivity contribution is -0.144. The SMILES string of the molecule is C=CCN(C)C(=O)[C@@H]1[C@@H]2CCC3(S2)C(C(=O)N(CC=C)CCCC)N(CCCCCO)C(=O)[C@H]13. The van der Waals surface area contributed by atoms with E-state index in [4.69, 9.17) is 5.11 Å². The second-order valence-corrected chi connectivity index (χ2v) is 11.4. The fourth-order valence-electron chi connectivity index (χ4n) is 6.03. The number of amides is 3. The first-order chi connectivity index (χ1) is 16.4. The minimum atomic E-state index is -0.548. The Kier molecular flexibility index (Phi) is 9.27. The second kappa shape index (κ2) is 11.8. The van der Waals surface area contributed by atoms with Gasteiger partial charge in [-0.05, 0) is 38.5 Å². The maximum atomic E-state index is 14.0. The van der Waals surface area contributed by atoms with Crippen LogP contribution in [0.4, 0.5) is 0 Å². The van der Waals surface area contributed by atoms with Gasteiger partial charge in [-0.2, -0.15) is 0 Å². The average molecular weight is 492 g/mol. The molecule has 2 bridgehead atoms. The molecule has 0 radical (unpaired) electrons. The summed E-state index contributed by atoms with van der Waals surface area (Å²) in [5, 5.41) is 9.24. The monoisotopic (exact) mass is 491 g/mol. The number of nitrogens with zero attached hydrogens (tertiary/aromatic N) is 3. The van der Waals surface area contributed by atoms with Gasteiger partial charge in [0.15, 0.2) is 0 Å². The van der Waals surface area contributed by atoms with Crippen LogP contribution in [0.3, 0.4) is 0 Å². The van der Waals surface area contributed by atoms with Crippen molar-refractivity contribution < 1.29 is 19.5 Å². The number of hydrogen-bond acceptors (Lipinski definition) is 5. The molecule has 5 atom stereocenters. The Morgan fingerprint density at radius 1 is 1.18 bits per heavy atom. The first-order valence-electron chi connectivity index (χ1n) is 12.7. The van der Waals surface area contributed by atoms with Crippen molar-refractivity contribution in [3.8, 4) is 0 Å². The minimum Gasteiger partial charge on any atom is -0.396 e. The molecule has 0 aliphatic carbocycles. The van der Waals surface area contributed by atoms with Crippen LogP contribution in [0.25, 0.3) is 0 Å². The van der Waals surface area contributed by atoms with Crippen molar-refractivity contribution in [3.63, 3.8) is 0 Å². The van der Waals surface area contributed by atoms with Crippen molar-refractivity contribution in [3.05, 3.63) is 25.3 Å². The highest BCUT2D eigenvalue weighted by Gasteiger charge is 2.73. The van der Waals surface area contributed by atoms with Crippen molar-refractivity contribution in [2.24, 2.45) is 11.8 Å². The Bertz CT molecular complexity index is 790. The summed E-state index contributed by atoms with van der Waals surface area (Å²) < 4.78 is -0.545. The topological polar surface area (TPSA) is 81.2 Å². The van der Waals surface area contributed by atoms with Gasteiger partial charge in [0, 0.05) is 45.1 Å². The number of likely N-dealkylation sites (N-methyl/N-ethyl adjacent to an activating group) is 1. The number of rotatable bonds is 14. The van der Waals surface area contributed by atoms with Gasteiger partial charge in [0.2, 0.25) is 17.7 Å². The van der Waals surface area contributed by atoms with E-state index >= 15 is 0 Å². The molecule has 7 nitrogen and oxygen atoms in total. The Morgan fingerprint density at radius 2 is 1.91 bits per heavy atom. The molecular formula is C26H41N3O4S. The molecule has 3 amide bonds. The smallest absolute Gasteiger partial charge is 0.247 e. The number of carbonyl (C=O) groups is 3. The molecule has 3 aliphatic rings. The molecule has 0 aromatic heterocycles. The van der Waals surface area contributed by atoms with Gasteiger partial charge in [-0.1, -0.05) is 25.5 Å². The molecule has 0 aromatic rings. The molecule has 8 heteroatoms. The van der Waals surface area contributed by atoms with E-state index in [2.05, 4.69) is 20.1 Å². The summed E-state index contributed by atoms with van der Waals surface area (Å²) in [6, 6.07) is -0.548. The summed E-state index contributed by atoms with van der Waals surface area (Å²) in [6.07, 6.45) is 9.18. The number of carbonyl (C=O) groups excluding carboxylic acids is 3. The Balaban J connectivity index is 1.95. The highest BCUT2D eigenvalue weighted by molar-refractivity contribution is 8.02. The van der Waals surface area contributed by atoms with E-state index in [9.17, 15) is 14.4 Å². The fourth-order valence-corrected chi connectivity index (χ4v) is 8.24. The van der Waals surface area contributed by atoms with Crippen LogP contribution in [0.2, 0.25) is 0 Å². The third-order valence-corrected chi connectivity index (χ3v) is 9.55. The lowest BCUT2D eigenvalue weighted by atomic mass is 9.70. The summed E-state index contributed by atoms with van der Waals surface area (Å²) in [5.74, 6) is -0.917. The maximum Gasteiger partial charge on any atom is 0.247 e. The molecule has 1 spiro atoms. The molecule has 3 heterocycles.